The molecule has 1 rings (SSSR count). The van der Waals surface area contributed by atoms with Crippen LogP contribution in [0.15, 0.2) is 30.9 Å². The lowest BCUT2D eigenvalue weighted by Gasteiger charge is -2.05. The van der Waals surface area contributed by atoms with Gasteiger partial charge in [0.15, 0.2) is 0 Å². The summed E-state index contributed by atoms with van der Waals surface area (Å²) in [6.07, 6.45) is 6.35. The second kappa shape index (κ2) is 6.84. The molecule has 0 unspecified atom stereocenters. The van der Waals surface area contributed by atoms with Crippen molar-refractivity contribution in [1.29, 1.82) is 0 Å². The minimum atomic E-state index is -1.26. The number of aliphatic carboxylic acids is 1. The number of carbonyl (C=O) groups is 3. The Hall–Kier alpha value is -2.64. The van der Waals surface area contributed by atoms with Gasteiger partial charge in [-0.15, -0.1) is 0 Å². The molecule has 18 heavy (non-hydrogen) atoms. The molecule has 0 bridgehead atoms. The quantitative estimate of drug-likeness (QED) is 0.602. The Balaban J connectivity index is 2.21. The molecule has 0 spiro atoms. The van der Waals surface area contributed by atoms with Crippen LogP contribution >= 0.6 is 0 Å². The number of carboxylic acid groups (broad SMARTS) is 1. The highest BCUT2D eigenvalue weighted by molar-refractivity contribution is 6.02. The van der Waals surface area contributed by atoms with Gasteiger partial charge in [0.05, 0.1) is 6.33 Å². The molecule has 0 atom stereocenters. The summed E-state index contributed by atoms with van der Waals surface area (Å²) in [7, 11) is 0. The summed E-state index contributed by atoms with van der Waals surface area (Å²) in [5, 5.41) is 12.7. The van der Waals surface area contributed by atoms with Gasteiger partial charge in [-0.05, 0) is 0 Å². The number of amides is 3. The average Bonchev–Trinajstić information content (AvgIpc) is 2.79. The van der Waals surface area contributed by atoms with Gasteiger partial charge in [-0.1, -0.05) is 0 Å². The fourth-order valence-corrected chi connectivity index (χ4v) is 1.06. The molecule has 8 heteroatoms. The van der Waals surface area contributed by atoms with Crippen LogP contribution in [0.5, 0.6) is 0 Å². The summed E-state index contributed by atoms with van der Waals surface area (Å²) in [5.74, 6) is -2.05. The van der Waals surface area contributed by atoms with E-state index in [1.807, 2.05) is 5.32 Å². The number of hydrogen-bond acceptors (Lipinski definition) is 4. The Kier molecular flexibility index (Phi) is 5.10. The van der Waals surface area contributed by atoms with E-state index in [9.17, 15) is 14.4 Å². The normalized spacial score (nSPS) is 10.2. The second-order valence-electron chi connectivity index (χ2n) is 3.22. The van der Waals surface area contributed by atoms with Crippen LogP contribution in [0.25, 0.3) is 0 Å². The van der Waals surface area contributed by atoms with Gasteiger partial charge < -0.3 is 15.0 Å². The van der Waals surface area contributed by atoms with E-state index in [1.165, 1.54) is 0 Å². The maximum Gasteiger partial charge on any atom is 0.328 e. The van der Waals surface area contributed by atoms with Crippen LogP contribution in [-0.2, 0) is 16.1 Å². The summed E-state index contributed by atoms with van der Waals surface area (Å²) < 4.78 is 1.76. The van der Waals surface area contributed by atoms with E-state index in [2.05, 4.69) is 10.3 Å². The fraction of sp³-hybridized carbons (Fsp3) is 0.200. The maximum absolute atomic E-state index is 11.2. The molecule has 96 valence electrons. The molecule has 8 nitrogen and oxygen atoms in total. The third-order valence-electron chi connectivity index (χ3n) is 1.83. The number of carboxylic acids is 1. The van der Waals surface area contributed by atoms with E-state index in [-0.39, 0.29) is 0 Å². The van der Waals surface area contributed by atoms with Crippen molar-refractivity contribution >= 4 is 17.9 Å². The number of urea groups is 1. The third kappa shape index (κ3) is 5.45. The minimum Gasteiger partial charge on any atom is -0.478 e. The first-order valence-electron chi connectivity index (χ1n) is 5.03. The third-order valence-corrected chi connectivity index (χ3v) is 1.83. The lowest BCUT2D eigenvalue weighted by Crippen LogP contribution is -2.39. The number of hydrogen-bond donors (Lipinski definition) is 3. The summed E-state index contributed by atoms with van der Waals surface area (Å²) in [4.78, 5) is 36.1. The second-order valence-corrected chi connectivity index (χ2v) is 3.22. The van der Waals surface area contributed by atoms with Crippen molar-refractivity contribution in [3.8, 4) is 0 Å². The zero-order valence-corrected chi connectivity index (χ0v) is 9.37. The molecule has 0 saturated heterocycles. The lowest BCUT2D eigenvalue weighted by atomic mass is 10.5. The smallest absolute Gasteiger partial charge is 0.328 e. The van der Waals surface area contributed by atoms with Crippen LogP contribution in [0.3, 0.4) is 0 Å². The minimum absolute atomic E-state index is 0.318. The van der Waals surface area contributed by atoms with Crippen molar-refractivity contribution in [2.75, 3.05) is 6.54 Å². The van der Waals surface area contributed by atoms with Crippen LogP contribution in [0.1, 0.15) is 0 Å². The highest BCUT2D eigenvalue weighted by Gasteiger charge is 2.03. The molecule has 0 saturated carbocycles. The highest BCUT2D eigenvalue weighted by Crippen LogP contribution is 1.83. The monoisotopic (exact) mass is 252 g/mol. The van der Waals surface area contributed by atoms with Crippen LogP contribution in [0, 0.1) is 0 Å². The topological polar surface area (TPSA) is 113 Å². The Morgan fingerprint density at radius 2 is 2.11 bits per heavy atom. The molecule has 0 aliphatic carbocycles. The first-order valence-corrected chi connectivity index (χ1v) is 5.03. The Morgan fingerprint density at radius 3 is 2.72 bits per heavy atom. The predicted molar refractivity (Wildman–Crippen MR) is 60.5 cm³/mol. The fourth-order valence-electron chi connectivity index (χ4n) is 1.06. The highest BCUT2D eigenvalue weighted by atomic mass is 16.4. The zero-order valence-electron chi connectivity index (χ0n) is 9.37. The van der Waals surface area contributed by atoms with Gasteiger partial charge in [-0.3, -0.25) is 10.1 Å². The molecule has 3 N–H and O–H groups in total. The molecule has 1 aromatic rings. The first kappa shape index (κ1) is 13.4. The van der Waals surface area contributed by atoms with E-state index in [0.717, 1.165) is 6.08 Å². The Morgan fingerprint density at radius 1 is 1.33 bits per heavy atom. The van der Waals surface area contributed by atoms with Gasteiger partial charge in [0.2, 0.25) is 0 Å². The van der Waals surface area contributed by atoms with E-state index >= 15 is 0 Å². The van der Waals surface area contributed by atoms with Gasteiger partial charge in [0, 0.05) is 37.6 Å². The molecule has 0 aliphatic rings. The number of nitrogens with zero attached hydrogens (tertiary/aromatic N) is 2. The molecule has 0 aromatic carbocycles. The number of imidazole rings is 1. The lowest BCUT2D eigenvalue weighted by molar-refractivity contribution is -0.131. The van der Waals surface area contributed by atoms with Crippen molar-refractivity contribution in [1.82, 2.24) is 20.2 Å². The van der Waals surface area contributed by atoms with Crippen molar-refractivity contribution < 1.29 is 19.5 Å². The number of rotatable bonds is 5. The molecule has 1 heterocycles. The molecular formula is C10H12N4O4. The van der Waals surface area contributed by atoms with Crippen LogP contribution < -0.4 is 10.6 Å². The van der Waals surface area contributed by atoms with Crippen LogP contribution in [-0.4, -0.2) is 39.1 Å². The Bertz CT molecular complexity index is 452. The molecule has 0 radical (unpaired) electrons. The molecule has 1 aromatic heterocycles. The SMILES string of the molecule is O=C(O)C=CC(=O)NC(=O)NCCn1ccnc1. The van der Waals surface area contributed by atoms with Gasteiger partial charge in [-0.2, -0.15) is 0 Å². The van der Waals surface area contributed by atoms with E-state index in [0.29, 0.717) is 19.2 Å². The van der Waals surface area contributed by atoms with Gasteiger partial charge in [-0.25, -0.2) is 14.6 Å². The maximum atomic E-state index is 11.2. The molecule has 3 amide bonds. The summed E-state index contributed by atoms with van der Waals surface area (Å²) >= 11 is 0. The number of carbonyl (C=O) groups excluding carboxylic acids is 2. The average molecular weight is 252 g/mol. The summed E-state index contributed by atoms with van der Waals surface area (Å²) in [5.41, 5.74) is 0. The van der Waals surface area contributed by atoms with Gasteiger partial charge in [0.1, 0.15) is 0 Å². The zero-order chi connectivity index (χ0) is 13.4. The molecule has 0 aliphatic heterocycles. The Labute approximate surface area is 102 Å². The standard InChI is InChI=1S/C10H12N4O4/c15-8(1-2-9(16)17)13-10(18)12-4-6-14-5-3-11-7-14/h1-3,5,7H,4,6H2,(H,16,17)(H2,12,13,15,18). The predicted octanol–water partition coefficient (Wildman–Crippen LogP) is -0.650. The largest absolute Gasteiger partial charge is 0.478 e. The van der Waals surface area contributed by atoms with Crippen LogP contribution in [0.2, 0.25) is 0 Å². The van der Waals surface area contributed by atoms with Crippen molar-refractivity contribution in [2.24, 2.45) is 0 Å². The van der Waals surface area contributed by atoms with Gasteiger partial charge in [0.25, 0.3) is 5.91 Å². The summed E-state index contributed by atoms with van der Waals surface area (Å²) in [6, 6.07) is -0.685. The molecule has 0 fully saturated rings. The number of nitrogens with one attached hydrogen (secondary N) is 2. The summed E-state index contributed by atoms with van der Waals surface area (Å²) in [6.45, 7) is 0.838. The van der Waals surface area contributed by atoms with Crippen molar-refractivity contribution in [3.05, 3.63) is 30.9 Å². The van der Waals surface area contributed by atoms with Crippen LogP contribution in [0.4, 0.5) is 4.79 Å². The van der Waals surface area contributed by atoms with E-state index < -0.39 is 17.9 Å². The molecular weight excluding hydrogens is 240 g/mol. The number of aromatic nitrogens is 2. The van der Waals surface area contributed by atoms with Crippen molar-refractivity contribution in [3.63, 3.8) is 0 Å². The van der Waals surface area contributed by atoms with Gasteiger partial charge >= 0.3 is 12.0 Å². The van der Waals surface area contributed by atoms with E-state index in [1.54, 1.807) is 23.3 Å². The van der Waals surface area contributed by atoms with Crippen molar-refractivity contribution in [2.45, 2.75) is 6.54 Å². The number of imide groups is 1. The first-order chi connectivity index (χ1) is 8.58. The van der Waals surface area contributed by atoms with E-state index in [4.69, 9.17) is 5.11 Å².